The number of thioether (sulfide) groups is 1. The molecule has 1 fully saturated rings. The number of nitrogens with one attached hydrogen (secondary N) is 1. The molecule has 7 heteroatoms. The van der Waals surface area contributed by atoms with Crippen LogP contribution in [0.2, 0.25) is 0 Å². The Bertz CT molecular complexity index is 616. The number of hydrogen-bond acceptors (Lipinski definition) is 4. The fraction of sp³-hybridized carbons (Fsp3) is 0.500. The summed E-state index contributed by atoms with van der Waals surface area (Å²) in [6.07, 6.45) is 0.768. The van der Waals surface area contributed by atoms with Gasteiger partial charge in [-0.15, -0.1) is 11.8 Å². The van der Waals surface area contributed by atoms with Crippen molar-refractivity contribution in [2.45, 2.75) is 30.2 Å². The van der Waals surface area contributed by atoms with Gasteiger partial charge in [0.15, 0.2) is 9.84 Å². The first-order chi connectivity index (χ1) is 9.78. The van der Waals surface area contributed by atoms with Crippen LogP contribution in [0.3, 0.4) is 0 Å². The number of sulfone groups is 1. The Kier molecular flexibility index (Phi) is 4.93. The molecule has 1 aromatic rings. The summed E-state index contributed by atoms with van der Waals surface area (Å²) in [4.78, 5) is 12.8. The first-order valence-electron chi connectivity index (χ1n) is 6.68. The van der Waals surface area contributed by atoms with Crippen LogP contribution in [0.1, 0.15) is 19.8 Å². The van der Waals surface area contributed by atoms with Gasteiger partial charge in [0.25, 0.3) is 0 Å². The van der Waals surface area contributed by atoms with Crippen molar-refractivity contribution >= 4 is 27.5 Å². The van der Waals surface area contributed by atoms with Gasteiger partial charge in [0.05, 0.1) is 17.0 Å². The number of carbonyl (C=O) groups is 1. The van der Waals surface area contributed by atoms with Crippen LogP contribution in [0, 0.1) is 5.82 Å². The first-order valence-corrected chi connectivity index (χ1v) is 9.49. The Balaban J connectivity index is 1.76. The van der Waals surface area contributed by atoms with Gasteiger partial charge < -0.3 is 5.32 Å². The molecule has 1 atom stereocenters. The van der Waals surface area contributed by atoms with E-state index in [1.165, 1.54) is 23.9 Å². The van der Waals surface area contributed by atoms with Gasteiger partial charge in [-0.05, 0) is 37.6 Å². The fourth-order valence-electron chi connectivity index (χ4n) is 2.30. The second kappa shape index (κ2) is 6.36. The SMILES string of the molecule is C[C@@]1(NC(=O)CCSc2ccc(F)cc2)CCS(=O)(=O)C1. The molecule has 1 saturated heterocycles. The van der Waals surface area contributed by atoms with Gasteiger partial charge in [0.2, 0.25) is 5.91 Å². The summed E-state index contributed by atoms with van der Waals surface area (Å²) in [6, 6.07) is 6.10. The van der Waals surface area contributed by atoms with Gasteiger partial charge >= 0.3 is 0 Å². The van der Waals surface area contributed by atoms with Gasteiger partial charge in [-0.3, -0.25) is 4.79 Å². The van der Waals surface area contributed by atoms with Crippen LogP contribution < -0.4 is 5.32 Å². The zero-order chi connectivity index (χ0) is 15.5. The van der Waals surface area contributed by atoms with Crippen molar-refractivity contribution in [1.29, 1.82) is 0 Å². The van der Waals surface area contributed by atoms with Crippen LogP contribution in [0.25, 0.3) is 0 Å². The van der Waals surface area contributed by atoms with E-state index in [0.29, 0.717) is 18.6 Å². The maximum atomic E-state index is 12.7. The Morgan fingerprint density at radius 3 is 2.62 bits per heavy atom. The molecule has 1 amide bonds. The van der Waals surface area contributed by atoms with E-state index in [9.17, 15) is 17.6 Å². The average Bonchev–Trinajstić information content (AvgIpc) is 2.65. The molecule has 0 saturated carbocycles. The van der Waals surface area contributed by atoms with E-state index in [-0.39, 0.29) is 23.2 Å². The second-order valence-electron chi connectivity index (χ2n) is 5.50. The van der Waals surface area contributed by atoms with Gasteiger partial charge in [-0.1, -0.05) is 0 Å². The second-order valence-corrected chi connectivity index (χ2v) is 8.86. The third kappa shape index (κ3) is 5.00. The van der Waals surface area contributed by atoms with E-state index < -0.39 is 15.4 Å². The lowest BCUT2D eigenvalue weighted by Gasteiger charge is -2.23. The lowest BCUT2D eigenvalue weighted by atomic mass is 10.0. The van der Waals surface area contributed by atoms with Crippen LogP contribution in [-0.2, 0) is 14.6 Å². The van der Waals surface area contributed by atoms with Crippen molar-refractivity contribution in [1.82, 2.24) is 5.32 Å². The minimum Gasteiger partial charge on any atom is -0.350 e. The number of carbonyl (C=O) groups excluding carboxylic acids is 1. The number of amides is 1. The van der Waals surface area contributed by atoms with Crippen LogP contribution in [0.5, 0.6) is 0 Å². The average molecular weight is 331 g/mol. The van der Waals surface area contributed by atoms with Crippen molar-refractivity contribution < 1.29 is 17.6 Å². The van der Waals surface area contributed by atoms with E-state index in [1.54, 1.807) is 19.1 Å². The molecule has 0 bridgehead atoms. The van der Waals surface area contributed by atoms with Crippen LogP contribution >= 0.6 is 11.8 Å². The van der Waals surface area contributed by atoms with Crippen molar-refractivity contribution in [3.63, 3.8) is 0 Å². The number of halogens is 1. The summed E-state index contributed by atoms with van der Waals surface area (Å²) < 4.78 is 35.7. The van der Waals surface area contributed by atoms with Gasteiger partial charge in [0.1, 0.15) is 5.82 Å². The predicted molar refractivity (Wildman–Crippen MR) is 81.6 cm³/mol. The molecule has 0 aliphatic carbocycles. The summed E-state index contributed by atoms with van der Waals surface area (Å²) in [5.41, 5.74) is -0.642. The summed E-state index contributed by atoms with van der Waals surface area (Å²) in [5.74, 6) is 0.280. The predicted octanol–water partition coefficient (Wildman–Crippen LogP) is 2.00. The van der Waals surface area contributed by atoms with E-state index in [0.717, 1.165) is 4.90 Å². The lowest BCUT2D eigenvalue weighted by Crippen LogP contribution is -2.47. The summed E-state index contributed by atoms with van der Waals surface area (Å²) >= 11 is 1.47. The van der Waals surface area contributed by atoms with Crippen LogP contribution in [-0.4, -0.2) is 37.1 Å². The minimum atomic E-state index is -3.02. The van der Waals surface area contributed by atoms with Gasteiger partial charge in [-0.2, -0.15) is 0 Å². The summed E-state index contributed by atoms with van der Waals surface area (Å²) in [6.45, 7) is 1.77. The molecular weight excluding hydrogens is 313 g/mol. The molecule has 116 valence electrons. The molecule has 1 N–H and O–H groups in total. The molecule has 0 aromatic heterocycles. The van der Waals surface area contributed by atoms with Gasteiger partial charge in [-0.25, -0.2) is 12.8 Å². The fourth-order valence-corrected chi connectivity index (χ4v) is 5.25. The Morgan fingerprint density at radius 2 is 2.05 bits per heavy atom. The Labute approximate surface area is 128 Å². The third-order valence-electron chi connectivity index (χ3n) is 3.36. The third-order valence-corrected chi connectivity index (χ3v) is 6.27. The number of rotatable bonds is 5. The highest BCUT2D eigenvalue weighted by molar-refractivity contribution is 7.99. The van der Waals surface area contributed by atoms with E-state index in [2.05, 4.69) is 5.32 Å². The molecule has 21 heavy (non-hydrogen) atoms. The van der Waals surface area contributed by atoms with Crippen molar-refractivity contribution in [3.05, 3.63) is 30.1 Å². The number of hydrogen-bond donors (Lipinski definition) is 1. The molecular formula is C14H18FNO3S2. The zero-order valence-corrected chi connectivity index (χ0v) is 13.4. The summed E-state index contributed by atoms with van der Waals surface area (Å²) in [5, 5.41) is 2.81. The maximum absolute atomic E-state index is 12.7. The monoisotopic (exact) mass is 331 g/mol. The minimum absolute atomic E-state index is 0.0108. The topological polar surface area (TPSA) is 63.2 Å². The zero-order valence-electron chi connectivity index (χ0n) is 11.8. The molecule has 1 aliphatic rings. The summed E-state index contributed by atoms with van der Waals surface area (Å²) in [7, 11) is -3.02. The van der Waals surface area contributed by atoms with Crippen LogP contribution in [0.4, 0.5) is 4.39 Å². The van der Waals surface area contributed by atoms with E-state index in [1.807, 2.05) is 0 Å². The lowest BCUT2D eigenvalue weighted by molar-refractivity contribution is -0.122. The van der Waals surface area contributed by atoms with E-state index in [4.69, 9.17) is 0 Å². The Hall–Kier alpha value is -1.08. The molecule has 4 nitrogen and oxygen atoms in total. The largest absolute Gasteiger partial charge is 0.350 e. The molecule has 0 unspecified atom stereocenters. The molecule has 0 radical (unpaired) electrons. The van der Waals surface area contributed by atoms with Gasteiger partial charge in [0, 0.05) is 17.1 Å². The highest BCUT2D eigenvalue weighted by atomic mass is 32.2. The van der Waals surface area contributed by atoms with Crippen molar-refractivity contribution in [2.75, 3.05) is 17.3 Å². The maximum Gasteiger partial charge on any atom is 0.221 e. The standard InChI is InChI=1S/C14H18FNO3S2/c1-14(7-9-21(18,19)10-14)16-13(17)6-8-20-12-4-2-11(15)3-5-12/h2-5H,6-10H2,1H3,(H,16,17)/t14-/m1/s1. The highest BCUT2D eigenvalue weighted by Gasteiger charge is 2.39. The van der Waals surface area contributed by atoms with Crippen molar-refractivity contribution in [3.8, 4) is 0 Å². The quantitative estimate of drug-likeness (QED) is 0.838. The Morgan fingerprint density at radius 1 is 1.38 bits per heavy atom. The molecule has 0 spiro atoms. The first kappa shape index (κ1) is 16.3. The van der Waals surface area contributed by atoms with Crippen molar-refractivity contribution in [2.24, 2.45) is 0 Å². The molecule has 1 heterocycles. The molecule has 1 aliphatic heterocycles. The van der Waals surface area contributed by atoms with E-state index >= 15 is 0 Å². The van der Waals surface area contributed by atoms with Crippen LogP contribution in [0.15, 0.2) is 29.2 Å². The number of benzene rings is 1. The molecule has 1 aromatic carbocycles. The smallest absolute Gasteiger partial charge is 0.221 e. The molecule has 2 rings (SSSR count). The highest BCUT2D eigenvalue weighted by Crippen LogP contribution is 2.23. The normalized spacial score (nSPS) is 23.9.